The fraction of sp³-hybridized carbons (Fsp3) is 0.238. The van der Waals surface area contributed by atoms with E-state index in [1.165, 1.54) is 16.8 Å². The molecule has 0 saturated carbocycles. The lowest BCUT2D eigenvalue weighted by Gasteiger charge is -2.21. The molecule has 30 heavy (non-hydrogen) atoms. The molecule has 0 fully saturated rings. The van der Waals surface area contributed by atoms with Crippen LogP contribution in [0.4, 0.5) is 14.5 Å². The van der Waals surface area contributed by atoms with E-state index in [0.29, 0.717) is 23.6 Å². The molecular weight excluding hydrogens is 456 g/mol. The molecule has 2 aromatic heterocycles. The number of aromatic nitrogens is 3. The Labute approximate surface area is 180 Å². The fourth-order valence-electron chi connectivity index (χ4n) is 3.43. The third-order valence-electron chi connectivity index (χ3n) is 4.93. The van der Waals surface area contributed by atoms with E-state index < -0.39 is 6.43 Å². The van der Waals surface area contributed by atoms with Crippen molar-refractivity contribution in [2.75, 3.05) is 7.11 Å². The molecule has 0 N–H and O–H groups in total. The summed E-state index contributed by atoms with van der Waals surface area (Å²) in [6.45, 7) is 1.69. The zero-order valence-electron chi connectivity index (χ0n) is 16.1. The zero-order chi connectivity index (χ0) is 21.4. The van der Waals surface area contributed by atoms with Gasteiger partial charge in [-0.2, -0.15) is 10.4 Å². The largest absolute Gasteiger partial charge is 0.496 e. The first-order chi connectivity index (χ1) is 14.4. The maximum atomic E-state index is 13.6. The highest BCUT2D eigenvalue weighted by molar-refractivity contribution is 9.10. The average Bonchev–Trinajstić information content (AvgIpc) is 3.13. The van der Waals surface area contributed by atoms with Crippen LogP contribution in [-0.2, 0) is 6.42 Å². The van der Waals surface area contributed by atoms with Crippen LogP contribution < -0.4 is 4.74 Å². The van der Waals surface area contributed by atoms with Gasteiger partial charge in [-0.05, 0) is 65.2 Å². The molecule has 1 aromatic carbocycles. The Balaban J connectivity index is 1.76. The van der Waals surface area contributed by atoms with E-state index in [-0.39, 0.29) is 23.0 Å². The van der Waals surface area contributed by atoms with Crippen LogP contribution in [0.3, 0.4) is 0 Å². The van der Waals surface area contributed by atoms with Gasteiger partial charge in [-0.3, -0.25) is 4.99 Å². The van der Waals surface area contributed by atoms with Gasteiger partial charge in [0.15, 0.2) is 11.5 Å². The van der Waals surface area contributed by atoms with Gasteiger partial charge in [0.05, 0.1) is 28.5 Å². The summed E-state index contributed by atoms with van der Waals surface area (Å²) in [5.74, 6) is 0.525. The SMILES string of the molecule is COc1cc2c(cc1Br)N=CC(c1ccc(C(F)F)c(-n3nc(C#N)cc3C)n1)C2. The number of hydrogen-bond donors (Lipinski definition) is 0. The first kappa shape index (κ1) is 20.2. The molecule has 4 rings (SSSR count). The quantitative estimate of drug-likeness (QED) is 0.523. The molecule has 3 aromatic rings. The Morgan fingerprint density at radius 3 is 2.77 bits per heavy atom. The normalized spacial score (nSPS) is 15.2. The predicted octanol–water partition coefficient (Wildman–Crippen LogP) is 5.20. The number of nitriles is 1. The lowest BCUT2D eigenvalue weighted by molar-refractivity contribution is 0.150. The van der Waals surface area contributed by atoms with Crippen molar-refractivity contribution in [3.05, 3.63) is 63.0 Å². The maximum absolute atomic E-state index is 13.6. The topological polar surface area (TPSA) is 76.1 Å². The van der Waals surface area contributed by atoms with Crippen molar-refractivity contribution in [1.82, 2.24) is 14.8 Å². The van der Waals surface area contributed by atoms with Crippen molar-refractivity contribution in [1.29, 1.82) is 5.26 Å². The number of benzene rings is 1. The van der Waals surface area contributed by atoms with E-state index in [9.17, 15) is 8.78 Å². The second kappa shape index (κ2) is 7.95. The highest BCUT2D eigenvalue weighted by Crippen LogP contribution is 2.38. The Morgan fingerprint density at radius 1 is 1.30 bits per heavy atom. The number of alkyl halides is 2. The van der Waals surface area contributed by atoms with Crippen molar-refractivity contribution in [2.24, 2.45) is 4.99 Å². The Hall–Kier alpha value is -3.12. The third kappa shape index (κ3) is 3.59. The number of rotatable bonds is 4. The van der Waals surface area contributed by atoms with Crippen LogP contribution in [0.15, 0.2) is 39.8 Å². The van der Waals surface area contributed by atoms with Gasteiger partial charge in [0.1, 0.15) is 11.8 Å². The molecule has 3 heterocycles. The summed E-state index contributed by atoms with van der Waals surface area (Å²) < 4.78 is 34.7. The molecule has 0 saturated heterocycles. The summed E-state index contributed by atoms with van der Waals surface area (Å²) >= 11 is 3.45. The molecule has 0 amide bonds. The number of aryl methyl sites for hydroxylation is 1. The van der Waals surface area contributed by atoms with Crippen LogP contribution in [0.2, 0.25) is 0 Å². The molecule has 0 radical (unpaired) electrons. The van der Waals surface area contributed by atoms with Crippen molar-refractivity contribution in [3.8, 4) is 17.6 Å². The smallest absolute Gasteiger partial charge is 0.267 e. The van der Waals surface area contributed by atoms with E-state index in [4.69, 9.17) is 10.00 Å². The highest BCUT2D eigenvalue weighted by Gasteiger charge is 2.24. The first-order valence-electron chi connectivity index (χ1n) is 9.08. The van der Waals surface area contributed by atoms with Crippen molar-refractivity contribution in [2.45, 2.75) is 25.7 Å². The number of nitrogens with zero attached hydrogens (tertiary/aromatic N) is 5. The minimum absolute atomic E-state index is 0.0223. The first-order valence-corrected chi connectivity index (χ1v) is 9.87. The number of methoxy groups -OCH3 is 1. The summed E-state index contributed by atoms with van der Waals surface area (Å²) in [5.41, 5.74) is 2.85. The van der Waals surface area contributed by atoms with E-state index in [2.05, 4.69) is 31.0 Å². The van der Waals surface area contributed by atoms with Gasteiger partial charge < -0.3 is 4.74 Å². The van der Waals surface area contributed by atoms with Crippen LogP contribution in [0.25, 0.3) is 5.82 Å². The maximum Gasteiger partial charge on any atom is 0.267 e. The molecule has 1 aliphatic rings. The summed E-state index contributed by atoms with van der Waals surface area (Å²) in [5, 5.41) is 13.2. The monoisotopic (exact) mass is 471 g/mol. The summed E-state index contributed by atoms with van der Waals surface area (Å²) in [6, 6.07) is 10.2. The lowest BCUT2D eigenvalue weighted by Crippen LogP contribution is -2.14. The minimum atomic E-state index is -2.72. The van der Waals surface area contributed by atoms with Gasteiger partial charge in [0, 0.05) is 17.8 Å². The number of hydrogen-bond acceptors (Lipinski definition) is 5. The van der Waals surface area contributed by atoms with Gasteiger partial charge in [-0.15, -0.1) is 0 Å². The number of ether oxygens (including phenoxy) is 1. The molecular formula is C21H16BrF2N5O. The van der Waals surface area contributed by atoms with Gasteiger partial charge in [0.25, 0.3) is 6.43 Å². The Morgan fingerprint density at radius 2 is 2.10 bits per heavy atom. The van der Waals surface area contributed by atoms with Crippen molar-refractivity contribution >= 4 is 27.8 Å². The molecule has 152 valence electrons. The van der Waals surface area contributed by atoms with Crippen LogP contribution in [-0.4, -0.2) is 28.1 Å². The summed E-state index contributed by atoms with van der Waals surface area (Å²) in [7, 11) is 1.59. The zero-order valence-corrected chi connectivity index (χ0v) is 17.7. The van der Waals surface area contributed by atoms with Crippen LogP contribution in [0.5, 0.6) is 5.75 Å². The van der Waals surface area contributed by atoms with Crippen molar-refractivity contribution in [3.63, 3.8) is 0 Å². The van der Waals surface area contributed by atoms with Gasteiger partial charge in [-0.1, -0.05) is 0 Å². The standard InChI is InChI=1S/C21H16BrF2N5O/c1-11-5-14(9-25)28-29(11)21-15(20(23)24)3-4-17(27-21)13-6-12-7-19(30-2)16(22)8-18(12)26-10-13/h3-5,7-8,10,13,20H,6H2,1-2H3. The molecule has 9 heteroatoms. The van der Waals surface area contributed by atoms with E-state index in [1.54, 1.807) is 26.3 Å². The minimum Gasteiger partial charge on any atom is -0.496 e. The Bertz CT molecular complexity index is 1200. The van der Waals surface area contributed by atoms with Gasteiger partial charge in [-0.25, -0.2) is 18.4 Å². The molecule has 1 unspecified atom stereocenters. The molecule has 1 atom stereocenters. The van der Waals surface area contributed by atoms with E-state index >= 15 is 0 Å². The highest BCUT2D eigenvalue weighted by atomic mass is 79.9. The number of fused-ring (bicyclic) bond motifs is 1. The number of halogens is 3. The second-order valence-corrected chi connectivity index (χ2v) is 7.70. The van der Waals surface area contributed by atoms with Crippen molar-refractivity contribution < 1.29 is 13.5 Å². The lowest BCUT2D eigenvalue weighted by atomic mass is 9.93. The van der Waals surface area contributed by atoms with E-state index in [1.807, 2.05) is 18.2 Å². The number of aliphatic imine (C=N–C) groups is 1. The summed E-state index contributed by atoms with van der Waals surface area (Å²) in [6.07, 6.45) is -0.352. The molecule has 1 aliphatic heterocycles. The Kier molecular flexibility index (Phi) is 5.35. The third-order valence-corrected chi connectivity index (χ3v) is 5.55. The molecule has 0 spiro atoms. The van der Waals surface area contributed by atoms with Gasteiger partial charge in [0.2, 0.25) is 0 Å². The molecule has 0 bridgehead atoms. The summed E-state index contributed by atoms with van der Waals surface area (Å²) in [4.78, 5) is 9.03. The number of pyridine rings is 1. The second-order valence-electron chi connectivity index (χ2n) is 6.85. The van der Waals surface area contributed by atoms with Crippen LogP contribution >= 0.6 is 15.9 Å². The van der Waals surface area contributed by atoms with Crippen LogP contribution in [0.1, 0.15) is 40.6 Å². The van der Waals surface area contributed by atoms with E-state index in [0.717, 1.165) is 15.7 Å². The molecule has 0 aliphatic carbocycles. The predicted molar refractivity (Wildman–Crippen MR) is 111 cm³/mol. The molecule has 6 nitrogen and oxygen atoms in total. The average molecular weight is 472 g/mol. The van der Waals surface area contributed by atoms with Crippen LogP contribution in [0, 0.1) is 18.3 Å². The fourth-order valence-corrected chi connectivity index (χ4v) is 3.92. The van der Waals surface area contributed by atoms with Gasteiger partial charge >= 0.3 is 0 Å².